The second-order valence-corrected chi connectivity index (χ2v) is 5.44. The van der Waals surface area contributed by atoms with Crippen molar-refractivity contribution < 1.29 is 23.0 Å². The lowest BCUT2D eigenvalue weighted by molar-refractivity contribution is -0.274. The lowest BCUT2D eigenvalue weighted by atomic mass is 9.88. The smallest absolute Gasteiger partial charge is 0.406 e. The third-order valence-corrected chi connectivity index (χ3v) is 3.93. The Hall–Kier alpha value is -0.880. The molecule has 18 heavy (non-hydrogen) atoms. The summed E-state index contributed by atoms with van der Waals surface area (Å²) in [5.41, 5.74) is -0.264. The summed E-state index contributed by atoms with van der Waals surface area (Å²) in [6, 6.07) is 5.47. The minimum Gasteiger partial charge on any atom is -0.406 e. The van der Waals surface area contributed by atoms with Gasteiger partial charge in [0, 0.05) is 0 Å². The highest BCUT2D eigenvalue weighted by Gasteiger charge is 2.33. The average molecular weight is 278 g/mol. The molecule has 0 unspecified atom stereocenters. The van der Waals surface area contributed by atoms with Crippen molar-refractivity contribution >= 4 is 11.8 Å². The number of rotatable bonds is 2. The van der Waals surface area contributed by atoms with Crippen LogP contribution in [0.5, 0.6) is 5.75 Å². The second-order valence-electron chi connectivity index (χ2n) is 4.22. The van der Waals surface area contributed by atoms with E-state index in [-0.39, 0.29) is 5.75 Å². The Kier molecular flexibility index (Phi) is 3.77. The fourth-order valence-electron chi connectivity index (χ4n) is 1.96. The Labute approximate surface area is 107 Å². The number of thioether (sulfide) groups is 1. The number of aliphatic hydroxyl groups is 1. The van der Waals surface area contributed by atoms with Crippen LogP contribution in [0.25, 0.3) is 0 Å². The summed E-state index contributed by atoms with van der Waals surface area (Å²) in [6.07, 6.45) is -3.44. The molecule has 0 saturated carbocycles. The van der Waals surface area contributed by atoms with E-state index in [0.717, 1.165) is 11.5 Å². The second kappa shape index (κ2) is 5.01. The Morgan fingerprint density at radius 2 is 1.67 bits per heavy atom. The van der Waals surface area contributed by atoms with Gasteiger partial charge in [-0.15, -0.1) is 13.2 Å². The normalized spacial score (nSPS) is 19.6. The van der Waals surface area contributed by atoms with Gasteiger partial charge in [0.15, 0.2) is 0 Å². The summed E-state index contributed by atoms with van der Waals surface area (Å²) in [4.78, 5) is 0. The van der Waals surface area contributed by atoms with Crippen molar-refractivity contribution in [1.29, 1.82) is 0 Å². The first-order valence-corrected chi connectivity index (χ1v) is 6.71. The van der Waals surface area contributed by atoms with Crippen LogP contribution in [-0.4, -0.2) is 23.0 Å². The lowest BCUT2D eigenvalue weighted by Crippen LogP contribution is -2.30. The molecular weight excluding hydrogens is 265 g/mol. The van der Waals surface area contributed by atoms with E-state index in [9.17, 15) is 18.3 Å². The SMILES string of the molecule is OC1(c2ccc(OC(F)(F)F)cc2)CCSCC1. The van der Waals surface area contributed by atoms with E-state index in [2.05, 4.69) is 4.74 Å². The van der Waals surface area contributed by atoms with Gasteiger partial charge < -0.3 is 9.84 Å². The van der Waals surface area contributed by atoms with Gasteiger partial charge >= 0.3 is 6.36 Å². The van der Waals surface area contributed by atoms with Crippen LogP contribution in [0.15, 0.2) is 24.3 Å². The highest BCUT2D eigenvalue weighted by molar-refractivity contribution is 7.99. The summed E-state index contributed by atoms with van der Waals surface area (Å²) in [7, 11) is 0. The maximum Gasteiger partial charge on any atom is 0.573 e. The van der Waals surface area contributed by atoms with Crippen molar-refractivity contribution in [1.82, 2.24) is 0 Å². The molecule has 1 aliphatic rings. The zero-order valence-electron chi connectivity index (χ0n) is 9.54. The van der Waals surface area contributed by atoms with Crippen LogP contribution in [-0.2, 0) is 5.60 Å². The van der Waals surface area contributed by atoms with Gasteiger partial charge in [-0.1, -0.05) is 12.1 Å². The molecule has 1 heterocycles. The number of halogens is 3. The van der Waals surface area contributed by atoms with E-state index in [4.69, 9.17) is 0 Å². The number of ether oxygens (including phenoxy) is 1. The van der Waals surface area contributed by atoms with Crippen LogP contribution in [0.1, 0.15) is 18.4 Å². The monoisotopic (exact) mass is 278 g/mol. The van der Waals surface area contributed by atoms with E-state index in [1.54, 1.807) is 11.8 Å². The number of benzene rings is 1. The average Bonchev–Trinajstić information content (AvgIpc) is 2.28. The zero-order chi connectivity index (χ0) is 13.2. The third-order valence-electron chi connectivity index (χ3n) is 2.95. The van der Waals surface area contributed by atoms with Crippen molar-refractivity contribution in [3.63, 3.8) is 0 Å². The highest BCUT2D eigenvalue weighted by Crippen LogP contribution is 2.36. The zero-order valence-corrected chi connectivity index (χ0v) is 10.4. The minimum atomic E-state index is -4.68. The molecule has 1 N–H and O–H groups in total. The first kappa shape index (κ1) is 13.5. The van der Waals surface area contributed by atoms with Gasteiger partial charge in [-0.05, 0) is 42.0 Å². The molecule has 0 aromatic heterocycles. The van der Waals surface area contributed by atoms with Gasteiger partial charge in [0.1, 0.15) is 5.75 Å². The van der Waals surface area contributed by atoms with Crippen LogP contribution in [0.2, 0.25) is 0 Å². The molecule has 6 heteroatoms. The summed E-state index contributed by atoms with van der Waals surface area (Å²) in [5.74, 6) is 1.45. The molecule has 0 amide bonds. The molecule has 2 rings (SSSR count). The van der Waals surface area contributed by atoms with E-state index in [1.807, 2.05) is 0 Å². The Morgan fingerprint density at radius 1 is 1.11 bits per heavy atom. The number of hydrogen-bond donors (Lipinski definition) is 1. The summed E-state index contributed by atoms with van der Waals surface area (Å²) in [6.45, 7) is 0. The first-order valence-electron chi connectivity index (χ1n) is 5.55. The maximum absolute atomic E-state index is 12.0. The van der Waals surface area contributed by atoms with Crippen molar-refractivity contribution in [2.24, 2.45) is 0 Å². The van der Waals surface area contributed by atoms with Crippen LogP contribution >= 0.6 is 11.8 Å². The highest BCUT2D eigenvalue weighted by atomic mass is 32.2. The minimum absolute atomic E-state index is 0.264. The molecule has 2 nitrogen and oxygen atoms in total. The largest absolute Gasteiger partial charge is 0.573 e. The fourth-order valence-corrected chi connectivity index (χ4v) is 3.13. The van der Waals surface area contributed by atoms with Crippen LogP contribution < -0.4 is 4.74 Å². The van der Waals surface area contributed by atoms with E-state index in [1.165, 1.54) is 24.3 Å². The Balaban J connectivity index is 2.12. The fraction of sp³-hybridized carbons (Fsp3) is 0.500. The maximum atomic E-state index is 12.0. The first-order chi connectivity index (χ1) is 8.39. The molecule has 1 aromatic carbocycles. The lowest BCUT2D eigenvalue weighted by Gasteiger charge is -2.32. The van der Waals surface area contributed by atoms with Gasteiger partial charge in [0.05, 0.1) is 5.60 Å². The summed E-state index contributed by atoms with van der Waals surface area (Å²) in [5, 5.41) is 10.4. The molecule has 0 aliphatic carbocycles. The predicted octanol–water partition coefficient (Wildman–Crippen LogP) is 3.30. The van der Waals surface area contributed by atoms with Gasteiger partial charge in [-0.2, -0.15) is 11.8 Å². The number of alkyl halides is 3. The summed E-state index contributed by atoms with van der Waals surface area (Å²) < 4.78 is 39.8. The van der Waals surface area contributed by atoms with Crippen LogP contribution in [0.3, 0.4) is 0 Å². The predicted molar refractivity (Wildman–Crippen MR) is 63.6 cm³/mol. The van der Waals surface area contributed by atoms with E-state index < -0.39 is 12.0 Å². The Bertz CT molecular complexity index is 397. The third kappa shape index (κ3) is 3.32. The standard InChI is InChI=1S/C12H13F3O2S/c13-12(14,15)17-10-3-1-9(2-4-10)11(16)5-7-18-8-6-11/h1-4,16H,5-8H2. The molecule has 0 radical (unpaired) electrons. The molecule has 0 atom stereocenters. The van der Waals surface area contributed by atoms with Crippen molar-refractivity contribution in [3.8, 4) is 5.75 Å². The van der Waals surface area contributed by atoms with Crippen molar-refractivity contribution in [2.45, 2.75) is 24.8 Å². The molecule has 1 aromatic rings. The van der Waals surface area contributed by atoms with Gasteiger partial charge in [0.25, 0.3) is 0 Å². The van der Waals surface area contributed by atoms with E-state index >= 15 is 0 Å². The van der Waals surface area contributed by atoms with Crippen molar-refractivity contribution in [2.75, 3.05) is 11.5 Å². The molecule has 0 bridgehead atoms. The molecule has 0 spiro atoms. The summed E-state index contributed by atoms with van der Waals surface area (Å²) >= 11 is 1.77. The molecular formula is C12H13F3O2S. The van der Waals surface area contributed by atoms with Crippen LogP contribution in [0.4, 0.5) is 13.2 Å². The number of hydrogen-bond acceptors (Lipinski definition) is 3. The quantitative estimate of drug-likeness (QED) is 0.900. The molecule has 1 fully saturated rings. The van der Waals surface area contributed by atoms with Crippen LogP contribution in [0, 0.1) is 0 Å². The van der Waals surface area contributed by atoms with Gasteiger partial charge in [-0.25, -0.2) is 0 Å². The molecule has 1 aliphatic heterocycles. The molecule has 1 saturated heterocycles. The van der Waals surface area contributed by atoms with Crippen molar-refractivity contribution in [3.05, 3.63) is 29.8 Å². The molecule has 100 valence electrons. The van der Waals surface area contributed by atoms with Gasteiger partial charge in [-0.3, -0.25) is 0 Å². The van der Waals surface area contributed by atoms with Gasteiger partial charge in [0.2, 0.25) is 0 Å². The Morgan fingerprint density at radius 3 is 2.17 bits per heavy atom. The topological polar surface area (TPSA) is 29.5 Å². The van der Waals surface area contributed by atoms with E-state index in [0.29, 0.717) is 18.4 Å².